The molecule has 2 aromatic heterocycles. The van der Waals surface area contributed by atoms with Crippen molar-refractivity contribution in [2.24, 2.45) is 0 Å². The molecule has 0 aromatic carbocycles. The summed E-state index contributed by atoms with van der Waals surface area (Å²) in [6, 6.07) is 3.62. The largest absolute Gasteiger partial charge is 0.392 e. The summed E-state index contributed by atoms with van der Waals surface area (Å²) in [4.78, 5) is 4.22. The van der Waals surface area contributed by atoms with Gasteiger partial charge in [-0.15, -0.1) is 0 Å². The van der Waals surface area contributed by atoms with Gasteiger partial charge >= 0.3 is 0 Å². The lowest BCUT2D eigenvalue weighted by Gasteiger charge is -2.03. The molecule has 84 valence electrons. The molecule has 0 radical (unpaired) electrons. The maximum absolute atomic E-state index is 8.92. The second-order valence-electron chi connectivity index (χ2n) is 3.58. The number of hydrogen-bond donors (Lipinski definition) is 1. The van der Waals surface area contributed by atoms with Crippen molar-refractivity contribution in [3.05, 3.63) is 40.3 Å². The fraction of sp³-hybridized carbons (Fsp3) is 0.273. The lowest BCUT2D eigenvalue weighted by Crippen LogP contribution is -2.02. The summed E-state index contributed by atoms with van der Waals surface area (Å²) in [5.74, 6) is 0.699. The molecule has 2 rings (SSSR count). The molecule has 0 amide bonds. The number of pyridine rings is 1. The van der Waals surface area contributed by atoms with Gasteiger partial charge in [0.2, 0.25) is 0 Å². The molecule has 0 unspecified atom stereocenters. The number of aryl methyl sites for hydroxylation is 1. The summed E-state index contributed by atoms with van der Waals surface area (Å²) >= 11 is 6.06. The van der Waals surface area contributed by atoms with Gasteiger partial charge in [0.25, 0.3) is 0 Å². The molecule has 0 bridgehead atoms. The van der Waals surface area contributed by atoms with Crippen LogP contribution in [-0.4, -0.2) is 19.9 Å². The zero-order valence-corrected chi connectivity index (χ0v) is 9.86. The van der Waals surface area contributed by atoms with Crippen molar-refractivity contribution in [2.75, 3.05) is 0 Å². The standard InChI is InChI=1S/C11H12ClN3O/c1-7-11(12)8(2)15(14-7)10-4-3-9(6-16)5-13-10/h3-5,16H,6H2,1-2H3. The van der Waals surface area contributed by atoms with Gasteiger partial charge in [0, 0.05) is 6.20 Å². The number of hydrogen-bond acceptors (Lipinski definition) is 3. The Balaban J connectivity index is 2.46. The molecule has 0 aliphatic heterocycles. The third-order valence-electron chi connectivity index (χ3n) is 2.41. The highest BCUT2D eigenvalue weighted by Gasteiger charge is 2.10. The van der Waals surface area contributed by atoms with E-state index in [-0.39, 0.29) is 6.61 Å². The van der Waals surface area contributed by atoms with E-state index < -0.39 is 0 Å². The van der Waals surface area contributed by atoms with Crippen molar-refractivity contribution in [3.63, 3.8) is 0 Å². The Hall–Kier alpha value is -1.39. The van der Waals surface area contributed by atoms with E-state index in [1.807, 2.05) is 19.9 Å². The molecular formula is C11H12ClN3O. The summed E-state index contributed by atoms with van der Waals surface area (Å²) < 4.78 is 1.69. The van der Waals surface area contributed by atoms with Crippen LogP contribution in [-0.2, 0) is 6.61 Å². The first kappa shape index (κ1) is 11.1. The lowest BCUT2D eigenvalue weighted by atomic mass is 10.3. The van der Waals surface area contributed by atoms with Crippen LogP contribution < -0.4 is 0 Å². The molecule has 0 aliphatic carbocycles. The molecule has 0 spiro atoms. The number of aliphatic hydroxyl groups excluding tert-OH is 1. The predicted molar refractivity (Wildman–Crippen MR) is 61.8 cm³/mol. The van der Waals surface area contributed by atoms with Gasteiger partial charge in [-0.2, -0.15) is 5.10 Å². The summed E-state index contributed by atoms with van der Waals surface area (Å²) in [5, 5.41) is 13.9. The number of nitrogens with zero attached hydrogens (tertiary/aromatic N) is 3. The van der Waals surface area contributed by atoms with Crippen LogP contribution in [0.2, 0.25) is 5.02 Å². The first-order chi connectivity index (χ1) is 7.63. The molecule has 0 aliphatic rings. The van der Waals surface area contributed by atoms with Crippen LogP contribution in [0.4, 0.5) is 0 Å². The van der Waals surface area contributed by atoms with E-state index in [9.17, 15) is 0 Å². The van der Waals surface area contributed by atoms with E-state index in [1.54, 1.807) is 16.9 Å². The van der Waals surface area contributed by atoms with Crippen molar-refractivity contribution in [2.45, 2.75) is 20.5 Å². The zero-order valence-electron chi connectivity index (χ0n) is 9.11. The minimum atomic E-state index is -0.00878. The second kappa shape index (κ2) is 4.23. The third kappa shape index (κ3) is 1.81. The smallest absolute Gasteiger partial charge is 0.153 e. The molecule has 0 fully saturated rings. The van der Waals surface area contributed by atoms with Gasteiger partial charge in [-0.3, -0.25) is 0 Å². The van der Waals surface area contributed by atoms with E-state index in [4.69, 9.17) is 16.7 Å². The SMILES string of the molecule is Cc1nn(-c2ccc(CO)cn2)c(C)c1Cl. The molecule has 2 aromatic rings. The topological polar surface area (TPSA) is 50.9 Å². The molecule has 1 N–H and O–H groups in total. The Kier molecular flexibility index (Phi) is 2.94. The van der Waals surface area contributed by atoms with Gasteiger partial charge in [0.05, 0.1) is 23.0 Å². The van der Waals surface area contributed by atoms with Gasteiger partial charge in [0.15, 0.2) is 5.82 Å². The van der Waals surface area contributed by atoms with E-state index >= 15 is 0 Å². The van der Waals surface area contributed by atoms with Gasteiger partial charge in [-0.05, 0) is 25.5 Å². The third-order valence-corrected chi connectivity index (χ3v) is 2.96. The summed E-state index contributed by atoms with van der Waals surface area (Å²) in [6.45, 7) is 3.74. The molecule has 16 heavy (non-hydrogen) atoms. The van der Waals surface area contributed by atoms with Crippen LogP contribution in [0, 0.1) is 13.8 Å². The van der Waals surface area contributed by atoms with Crippen LogP contribution in [0.5, 0.6) is 0 Å². The number of halogens is 1. The monoisotopic (exact) mass is 237 g/mol. The zero-order chi connectivity index (χ0) is 11.7. The highest BCUT2D eigenvalue weighted by molar-refractivity contribution is 6.31. The van der Waals surface area contributed by atoms with E-state index in [2.05, 4.69) is 10.1 Å². The fourth-order valence-corrected chi connectivity index (χ4v) is 1.60. The summed E-state index contributed by atoms with van der Waals surface area (Å²) in [7, 11) is 0. The van der Waals surface area contributed by atoms with Gasteiger partial charge in [0.1, 0.15) is 0 Å². The Bertz CT molecular complexity index is 505. The minimum absolute atomic E-state index is 0.00878. The van der Waals surface area contributed by atoms with Gasteiger partial charge < -0.3 is 5.11 Å². The number of aromatic nitrogens is 3. The molecular weight excluding hydrogens is 226 g/mol. The van der Waals surface area contributed by atoms with Crippen molar-refractivity contribution >= 4 is 11.6 Å². The van der Waals surface area contributed by atoms with Crippen molar-refractivity contribution in [3.8, 4) is 5.82 Å². The summed E-state index contributed by atoms with van der Waals surface area (Å²) in [6.07, 6.45) is 1.62. The van der Waals surface area contributed by atoms with Crippen molar-refractivity contribution in [1.82, 2.24) is 14.8 Å². The quantitative estimate of drug-likeness (QED) is 0.870. The van der Waals surface area contributed by atoms with E-state index in [0.29, 0.717) is 10.8 Å². The number of aliphatic hydroxyl groups is 1. The van der Waals surface area contributed by atoms with E-state index in [0.717, 1.165) is 17.0 Å². The Morgan fingerprint density at radius 1 is 1.38 bits per heavy atom. The molecule has 2 heterocycles. The molecule has 0 saturated heterocycles. The second-order valence-corrected chi connectivity index (χ2v) is 3.96. The first-order valence-electron chi connectivity index (χ1n) is 4.91. The highest BCUT2D eigenvalue weighted by atomic mass is 35.5. The van der Waals surface area contributed by atoms with Crippen molar-refractivity contribution < 1.29 is 5.11 Å². The Morgan fingerprint density at radius 3 is 2.56 bits per heavy atom. The number of rotatable bonds is 2. The van der Waals surface area contributed by atoms with E-state index in [1.165, 1.54) is 0 Å². The Morgan fingerprint density at radius 2 is 2.12 bits per heavy atom. The maximum atomic E-state index is 8.92. The van der Waals surface area contributed by atoms with Crippen LogP contribution >= 0.6 is 11.6 Å². The van der Waals surface area contributed by atoms with Crippen LogP contribution in [0.1, 0.15) is 17.0 Å². The van der Waals surface area contributed by atoms with Crippen LogP contribution in [0.15, 0.2) is 18.3 Å². The van der Waals surface area contributed by atoms with Crippen LogP contribution in [0.3, 0.4) is 0 Å². The van der Waals surface area contributed by atoms with Gasteiger partial charge in [-0.25, -0.2) is 9.67 Å². The average Bonchev–Trinajstić information content (AvgIpc) is 2.57. The van der Waals surface area contributed by atoms with Crippen molar-refractivity contribution in [1.29, 1.82) is 0 Å². The first-order valence-corrected chi connectivity index (χ1v) is 5.29. The van der Waals surface area contributed by atoms with Gasteiger partial charge in [-0.1, -0.05) is 17.7 Å². The molecule has 5 heteroatoms. The molecule has 4 nitrogen and oxygen atoms in total. The fourth-order valence-electron chi connectivity index (χ4n) is 1.48. The van der Waals surface area contributed by atoms with Crippen LogP contribution in [0.25, 0.3) is 5.82 Å². The lowest BCUT2D eigenvalue weighted by molar-refractivity contribution is 0.281. The molecule has 0 saturated carbocycles. The Labute approximate surface area is 98.5 Å². The maximum Gasteiger partial charge on any atom is 0.153 e. The summed E-state index contributed by atoms with van der Waals surface area (Å²) in [5.41, 5.74) is 2.42. The average molecular weight is 238 g/mol. The minimum Gasteiger partial charge on any atom is -0.392 e. The normalized spacial score (nSPS) is 10.8. The predicted octanol–water partition coefficient (Wildman–Crippen LogP) is 2.03. The molecule has 0 atom stereocenters. The highest BCUT2D eigenvalue weighted by Crippen LogP contribution is 2.21.